The second kappa shape index (κ2) is 7.59. The summed E-state index contributed by atoms with van der Waals surface area (Å²) in [7, 11) is 0. The Hall–Kier alpha value is -2.55. The summed E-state index contributed by atoms with van der Waals surface area (Å²) in [5.41, 5.74) is 0.706. The molecular weight excluding hydrogens is 356 g/mol. The monoisotopic (exact) mass is 377 g/mol. The van der Waals surface area contributed by atoms with Gasteiger partial charge >= 0.3 is 6.03 Å². The van der Waals surface area contributed by atoms with E-state index in [0.29, 0.717) is 37.3 Å². The fourth-order valence-corrected chi connectivity index (χ4v) is 3.47. The van der Waals surface area contributed by atoms with Crippen LogP contribution in [0.4, 0.5) is 13.6 Å². The van der Waals surface area contributed by atoms with Gasteiger partial charge in [0, 0.05) is 24.6 Å². The number of nitrogens with one attached hydrogen (secondary N) is 1. The van der Waals surface area contributed by atoms with Crippen LogP contribution in [0.5, 0.6) is 0 Å². The first-order valence-corrected chi connectivity index (χ1v) is 8.98. The average Bonchev–Trinajstić information content (AvgIpc) is 3.32. The van der Waals surface area contributed by atoms with Gasteiger partial charge in [-0.3, -0.25) is 5.10 Å². The van der Waals surface area contributed by atoms with Gasteiger partial charge in [-0.25, -0.2) is 18.6 Å². The molecule has 2 amide bonds. The summed E-state index contributed by atoms with van der Waals surface area (Å²) in [5.74, 6) is 0.545. The van der Waals surface area contributed by atoms with Crippen molar-refractivity contribution in [1.82, 2.24) is 25.0 Å². The third-order valence-corrected chi connectivity index (χ3v) is 5.14. The summed E-state index contributed by atoms with van der Waals surface area (Å²) >= 11 is 0. The molecule has 27 heavy (non-hydrogen) atoms. The third kappa shape index (κ3) is 3.78. The maximum atomic E-state index is 13.8. The zero-order valence-corrected chi connectivity index (χ0v) is 14.8. The molecule has 2 aliphatic heterocycles. The van der Waals surface area contributed by atoms with E-state index >= 15 is 0 Å². The Morgan fingerprint density at radius 2 is 2.15 bits per heavy atom. The lowest BCUT2D eigenvalue weighted by Gasteiger charge is -2.40. The van der Waals surface area contributed by atoms with Crippen molar-refractivity contribution >= 4 is 6.03 Å². The van der Waals surface area contributed by atoms with Gasteiger partial charge in [0.25, 0.3) is 0 Å². The maximum Gasteiger partial charge on any atom is 0.320 e. The van der Waals surface area contributed by atoms with Crippen LogP contribution in [-0.2, 0) is 18.0 Å². The highest BCUT2D eigenvalue weighted by Gasteiger charge is 2.37. The molecule has 0 spiro atoms. The number of hydrogen-bond donors (Lipinski definition) is 1. The van der Waals surface area contributed by atoms with Crippen LogP contribution in [0.2, 0.25) is 0 Å². The van der Waals surface area contributed by atoms with Gasteiger partial charge in [-0.15, -0.1) is 0 Å². The highest BCUT2D eigenvalue weighted by atomic mass is 19.1. The molecule has 1 aromatic heterocycles. The van der Waals surface area contributed by atoms with E-state index in [9.17, 15) is 13.6 Å². The Morgan fingerprint density at radius 3 is 2.85 bits per heavy atom. The van der Waals surface area contributed by atoms with E-state index in [4.69, 9.17) is 4.74 Å². The van der Waals surface area contributed by atoms with Gasteiger partial charge in [-0.2, -0.15) is 5.10 Å². The van der Waals surface area contributed by atoms with E-state index in [1.807, 2.05) is 4.90 Å². The zero-order valence-electron chi connectivity index (χ0n) is 14.8. The van der Waals surface area contributed by atoms with Crippen molar-refractivity contribution in [2.45, 2.75) is 31.7 Å². The molecule has 2 aromatic rings. The fraction of sp³-hybridized carbons (Fsp3) is 0.500. The van der Waals surface area contributed by atoms with Gasteiger partial charge < -0.3 is 14.5 Å². The predicted molar refractivity (Wildman–Crippen MR) is 92.1 cm³/mol. The first-order chi connectivity index (χ1) is 13.1. The molecular formula is C18H21F2N5O2. The number of likely N-dealkylation sites (tertiary alicyclic amines) is 2. The number of carbonyl (C=O) groups is 1. The van der Waals surface area contributed by atoms with Crippen LogP contribution in [0.1, 0.15) is 29.3 Å². The number of rotatable bonds is 5. The molecule has 9 heteroatoms. The van der Waals surface area contributed by atoms with Crippen LogP contribution in [0.3, 0.4) is 0 Å². The molecule has 0 saturated carbocycles. The number of alkyl halides is 1. The van der Waals surface area contributed by atoms with E-state index in [0.717, 1.165) is 12.2 Å². The number of amides is 2. The van der Waals surface area contributed by atoms with Crippen LogP contribution in [-0.4, -0.2) is 63.3 Å². The van der Waals surface area contributed by atoms with Crippen molar-refractivity contribution in [2.75, 3.05) is 26.2 Å². The van der Waals surface area contributed by atoms with Crippen LogP contribution in [0.25, 0.3) is 0 Å². The summed E-state index contributed by atoms with van der Waals surface area (Å²) in [4.78, 5) is 20.3. The lowest BCUT2D eigenvalue weighted by molar-refractivity contribution is -0.0494. The lowest BCUT2D eigenvalue weighted by atomic mass is 10.1. The van der Waals surface area contributed by atoms with E-state index in [-0.39, 0.29) is 24.7 Å². The van der Waals surface area contributed by atoms with Crippen LogP contribution >= 0.6 is 0 Å². The maximum absolute atomic E-state index is 13.8. The smallest absolute Gasteiger partial charge is 0.320 e. The van der Waals surface area contributed by atoms with Crippen LogP contribution in [0.15, 0.2) is 24.5 Å². The summed E-state index contributed by atoms with van der Waals surface area (Å²) in [6, 6.07) is 4.28. The van der Waals surface area contributed by atoms with Crippen molar-refractivity contribution in [3.05, 3.63) is 47.3 Å². The average molecular weight is 377 g/mol. The molecule has 144 valence electrons. The van der Waals surface area contributed by atoms with Crippen molar-refractivity contribution in [2.24, 2.45) is 0 Å². The van der Waals surface area contributed by atoms with E-state index < -0.39 is 12.5 Å². The number of hydrogen-bond acceptors (Lipinski definition) is 4. The number of carbonyl (C=O) groups excluding carboxylic acids is 1. The molecule has 0 aliphatic carbocycles. The molecule has 2 aliphatic rings. The quantitative estimate of drug-likeness (QED) is 0.867. The van der Waals surface area contributed by atoms with Gasteiger partial charge in [-0.05, 0) is 18.1 Å². The number of urea groups is 1. The summed E-state index contributed by atoms with van der Waals surface area (Å²) < 4.78 is 32.0. The van der Waals surface area contributed by atoms with Crippen LogP contribution < -0.4 is 0 Å². The molecule has 2 saturated heterocycles. The lowest BCUT2D eigenvalue weighted by Crippen LogP contribution is -2.58. The number of aromatic nitrogens is 3. The second-order valence-corrected chi connectivity index (χ2v) is 6.98. The van der Waals surface area contributed by atoms with Gasteiger partial charge in [0.05, 0.1) is 25.8 Å². The largest absolute Gasteiger partial charge is 0.370 e. The minimum atomic E-state index is -0.689. The van der Waals surface area contributed by atoms with Gasteiger partial charge in [0.1, 0.15) is 24.6 Å². The SMILES string of the molecule is O=C(N1CC(OCc2ccc(CF)cc2F)C1)N1CCC(c2ncn[nH]2)C1. The number of halogens is 2. The van der Waals surface area contributed by atoms with Gasteiger partial charge in [-0.1, -0.05) is 12.1 Å². The van der Waals surface area contributed by atoms with Crippen molar-refractivity contribution < 1.29 is 18.3 Å². The highest BCUT2D eigenvalue weighted by molar-refractivity contribution is 5.75. The normalized spacial score (nSPS) is 20.1. The molecule has 7 nitrogen and oxygen atoms in total. The van der Waals surface area contributed by atoms with Gasteiger partial charge in [0.2, 0.25) is 0 Å². The number of H-pyrrole nitrogens is 1. The number of nitrogens with zero attached hydrogens (tertiary/aromatic N) is 4. The van der Waals surface area contributed by atoms with Crippen LogP contribution in [0, 0.1) is 5.82 Å². The fourth-order valence-electron chi connectivity index (χ4n) is 3.47. The minimum Gasteiger partial charge on any atom is -0.370 e. The van der Waals surface area contributed by atoms with Crippen molar-refractivity contribution in [1.29, 1.82) is 0 Å². The molecule has 1 N–H and O–H groups in total. The Balaban J connectivity index is 1.22. The zero-order chi connectivity index (χ0) is 18.8. The molecule has 1 aromatic carbocycles. The number of benzene rings is 1. The topological polar surface area (TPSA) is 74.3 Å². The molecule has 1 unspecified atom stereocenters. The molecule has 0 radical (unpaired) electrons. The third-order valence-electron chi connectivity index (χ3n) is 5.14. The molecule has 0 bridgehead atoms. The molecule has 4 rings (SSSR count). The minimum absolute atomic E-state index is 0.00431. The molecule has 1 atom stereocenters. The van der Waals surface area contributed by atoms with Crippen molar-refractivity contribution in [3.63, 3.8) is 0 Å². The molecule has 2 fully saturated rings. The Labute approximate surface area is 155 Å². The summed E-state index contributed by atoms with van der Waals surface area (Å²) in [5, 5.41) is 6.72. The highest BCUT2D eigenvalue weighted by Crippen LogP contribution is 2.26. The number of ether oxygens (including phenoxy) is 1. The first-order valence-electron chi connectivity index (χ1n) is 8.98. The Bertz CT molecular complexity index is 795. The van der Waals surface area contributed by atoms with Gasteiger partial charge in [0.15, 0.2) is 0 Å². The summed E-state index contributed by atoms with van der Waals surface area (Å²) in [6.07, 6.45) is 2.23. The second-order valence-electron chi connectivity index (χ2n) is 6.98. The number of aromatic amines is 1. The van der Waals surface area contributed by atoms with Crippen molar-refractivity contribution in [3.8, 4) is 0 Å². The predicted octanol–water partition coefficient (Wildman–Crippen LogP) is 2.22. The molecule has 3 heterocycles. The first kappa shape index (κ1) is 17.8. The Kier molecular flexibility index (Phi) is 5.02. The Morgan fingerprint density at radius 1 is 1.30 bits per heavy atom. The standard InChI is InChI=1S/C18H21F2N5O2/c19-6-12-1-2-14(16(20)5-12)10-27-15-8-25(9-15)18(26)24-4-3-13(7-24)17-21-11-22-23-17/h1-2,5,11,13,15H,3-4,6-10H2,(H,21,22,23). The van der Waals surface area contributed by atoms with E-state index in [1.165, 1.54) is 12.4 Å². The van der Waals surface area contributed by atoms with E-state index in [1.54, 1.807) is 17.0 Å². The van der Waals surface area contributed by atoms with E-state index in [2.05, 4.69) is 15.2 Å². The summed E-state index contributed by atoms with van der Waals surface area (Å²) in [6.45, 7) is 1.73.